The molecule has 20 heavy (non-hydrogen) atoms. The Hall–Kier alpha value is -1.23. The molecule has 3 nitrogen and oxygen atoms in total. The molecule has 1 aromatic carbocycles. The molecule has 0 spiro atoms. The highest BCUT2D eigenvalue weighted by Gasteiger charge is 2.11. The smallest absolute Gasteiger partial charge is 0.307 e. The van der Waals surface area contributed by atoms with Crippen LogP contribution in [-0.4, -0.2) is 17.6 Å². The van der Waals surface area contributed by atoms with Crippen molar-refractivity contribution in [2.24, 2.45) is 0 Å². The van der Waals surface area contributed by atoms with Gasteiger partial charge in [-0.15, -0.1) is 23.7 Å². The van der Waals surface area contributed by atoms with Crippen LogP contribution >= 0.6 is 35.3 Å². The highest BCUT2D eigenvalue weighted by molar-refractivity contribution is 7.14. The van der Waals surface area contributed by atoms with Crippen molar-refractivity contribution in [3.63, 3.8) is 0 Å². The van der Waals surface area contributed by atoms with Crippen molar-refractivity contribution in [3.05, 3.63) is 46.3 Å². The maximum Gasteiger partial charge on any atom is 0.307 e. The summed E-state index contributed by atoms with van der Waals surface area (Å²) in [6, 6.07) is 9.56. The Labute approximate surface area is 133 Å². The lowest BCUT2D eigenvalue weighted by Gasteiger charge is -2.22. The van der Waals surface area contributed by atoms with Crippen molar-refractivity contribution >= 4 is 52.0 Å². The molecule has 0 aliphatic carbocycles. The van der Waals surface area contributed by atoms with Crippen LogP contribution in [0.1, 0.15) is 12.5 Å². The normalized spacial score (nSPS) is 9.90. The summed E-state index contributed by atoms with van der Waals surface area (Å²) >= 11 is 7.81. The van der Waals surface area contributed by atoms with Crippen molar-refractivity contribution in [1.29, 1.82) is 0 Å². The van der Waals surface area contributed by atoms with Gasteiger partial charge in [0.15, 0.2) is 0 Å². The van der Waals surface area contributed by atoms with E-state index in [0.717, 1.165) is 17.2 Å². The molecule has 2 aromatic rings. The van der Waals surface area contributed by atoms with Crippen molar-refractivity contribution in [2.45, 2.75) is 13.3 Å². The Morgan fingerprint density at radius 3 is 2.65 bits per heavy atom. The molecule has 0 amide bonds. The molecule has 1 N–H and O–H groups in total. The van der Waals surface area contributed by atoms with Crippen LogP contribution in [0.4, 0.5) is 10.7 Å². The number of nitrogens with zero attached hydrogens (tertiary/aromatic N) is 1. The molecule has 0 unspecified atom stereocenters. The molecule has 1 aromatic heterocycles. The van der Waals surface area contributed by atoms with E-state index in [4.69, 9.17) is 16.7 Å². The number of carboxylic acid groups (broad SMARTS) is 1. The first-order valence-corrected chi connectivity index (χ1v) is 7.19. The highest BCUT2D eigenvalue weighted by Crippen LogP contribution is 2.32. The average Bonchev–Trinajstić information content (AvgIpc) is 2.87. The van der Waals surface area contributed by atoms with Gasteiger partial charge in [-0.2, -0.15) is 0 Å². The van der Waals surface area contributed by atoms with Crippen LogP contribution in [0.25, 0.3) is 0 Å². The second-order valence-electron chi connectivity index (χ2n) is 4.04. The fourth-order valence-electron chi connectivity index (χ4n) is 1.90. The summed E-state index contributed by atoms with van der Waals surface area (Å²) in [7, 11) is 0. The maximum absolute atomic E-state index is 10.7. The van der Waals surface area contributed by atoms with Crippen LogP contribution in [0, 0.1) is 0 Å². The van der Waals surface area contributed by atoms with Crippen molar-refractivity contribution < 1.29 is 9.90 Å². The van der Waals surface area contributed by atoms with E-state index in [1.807, 2.05) is 29.6 Å². The van der Waals surface area contributed by atoms with Gasteiger partial charge in [0.2, 0.25) is 0 Å². The van der Waals surface area contributed by atoms with Crippen LogP contribution in [0.3, 0.4) is 0 Å². The summed E-state index contributed by atoms with van der Waals surface area (Å²) in [5.74, 6) is -0.875. The van der Waals surface area contributed by atoms with E-state index in [1.165, 1.54) is 0 Å². The first-order valence-electron chi connectivity index (χ1n) is 5.93. The van der Waals surface area contributed by atoms with E-state index in [-0.39, 0.29) is 18.8 Å². The maximum atomic E-state index is 10.7. The zero-order valence-corrected chi connectivity index (χ0v) is 13.3. The lowest BCUT2D eigenvalue weighted by Crippen LogP contribution is -2.14. The molecule has 0 saturated heterocycles. The molecule has 0 bridgehead atoms. The predicted molar refractivity (Wildman–Crippen MR) is 87.0 cm³/mol. The third kappa shape index (κ3) is 3.88. The van der Waals surface area contributed by atoms with E-state index in [0.29, 0.717) is 10.6 Å². The standard InChI is InChI=1S/C14H14ClNO2S.ClH/c1-2-16(13-4-3-7-19-13)11-6-5-10(8-14(17)18)12(15)9-11;/h3-7,9H,2,8H2,1H3,(H,17,18);1H. The van der Waals surface area contributed by atoms with E-state index in [9.17, 15) is 4.79 Å². The summed E-state index contributed by atoms with van der Waals surface area (Å²) in [5, 5.41) is 12.5. The third-order valence-electron chi connectivity index (χ3n) is 2.78. The number of hydrogen-bond donors (Lipinski definition) is 1. The van der Waals surface area contributed by atoms with Gasteiger partial charge in [-0.3, -0.25) is 4.79 Å². The molecule has 6 heteroatoms. The fraction of sp³-hybridized carbons (Fsp3) is 0.214. The summed E-state index contributed by atoms with van der Waals surface area (Å²) < 4.78 is 0. The molecular formula is C14H15Cl2NO2S. The number of hydrogen-bond acceptors (Lipinski definition) is 3. The van der Waals surface area contributed by atoms with Gasteiger partial charge in [0.1, 0.15) is 0 Å². The molecule has 0 atom stereocenters. The van der Waals surface area contributed by atoms with Gasteiger partial charge in [0.25, 0.3) is 0 Å². The topological polar surface area (TPSA) is 40.5 Å². The number of thiophene rings is 1. The van der Waals surface area contributed by atoms with Crippen molar-refractivity contribution in [2.75, 3.05) is 11.4 Å². The number of aliphatic carboxylic acids is 1. The lowest BCUT2D eigenvalue weighted by atomic mass is 10.1. The monoisotopic (exact) mass is 331 g/mol. The zero-order chi connectivity index (χ0) is 13.8. The average molecular weight is 332 g/mol. The second kappa shape index (κ2) is 7.53. The Bertz CT molecular complexity index is 573. The Kier molecular flexibility index (Phi) is 6.33. The van der Waals surface area contributed by atoms with Crippen molar-refractivity contribution in [1.82, 2.24) is 0 Å². The highest BCUT2D eigenvalue weighted by atomic mass is 35.5. The molecule has 0 aliphatic rings. The van der Waals surface area contributed by atoms with Crippen LogP contribution in [0.15, 0.2) is 35.7 Å². The SMILES string of the molecule is CCN(c1ccc(CC(=O)O)c(Cl)c1)c1cccs1.Cl. The molecule has 0 fully saturated rings. The molecule has 108 valence electrons. The molecule has 0 saturated carbocycles. The van der Waals surface area contributed by atoms with E-state index in [2.05, 4.69) is 11.8 Å². The number of carbonyl (C=O) groups is 1. The number of rotatable bonds is 5. The van der Waals surface area contributed by atoms with Gasteiger partial charge in [-0.1, -0.05) is 17.7 Å². The van der Waals surface area contributed by atoms with Gasteiger partial charge in [0, 0.05) is 17.3 Å². The predicted octanol–water partition coefficient (Wildman–Crippen LogP) is 4.61. The van der Waals surface area contributed by atoms with Gasteiger partial charge < -0.3 is 10.0 Å². The molecule has 2 rings (SSSR count). The third-order valence-corrected chi connectivity index (χ3v) is 4.02. The minimum atomic E-state index is -0.875. The Morgan fingerprint density at radius 2 is 2.15 bits per heavy atom. The second-order valence-corrected chi connectivity index (χ2v) is 5.38. The van der Waals surface area contributed by atoms with E-state index >= 15 is 0 Å². The summed E-state index contributed by atoms with van der Waals surface area (Å²) in [6.45, 7) is 2.90. The Morgan fingerprint density at radius 1 is 1.40 bits per heavy atom. The largest absolute Gasteiger partial charge is 0.481 e. The quantitative estimate of drug-likeness (QED) is 0.869. The number of carboxylic acids is 1. The fourth-order valence-corrected chi connectivity index (χ4v) is 2.96. The number of anilines is 2. The van der Waals surface area contributed by atoms with Gasteiger partial charge >= 0.3 is 5.97 Å². The van der Waals surface area contributed by atoms with Crippen LogP contribution < -0.4 is 4.90 Å². The van der Waals surface area contributed by atoms with Crippen LogP contribution in [-0.2, 0) is 11.2 Å². The first-order chi connectivity index (χ1) is 9.11. The van der Waals surface area contributed by atoms with Gasteiger partial charge in [0.05, 0.1) is 11.4 Å². The minimum Gasteiger partial charge on any atom is -0.481 e. The first kappa shape index (κ1) is 16.8. The van der Waals surface area contributed by atoms with Crippen molar-refractivity contribution in [3.8, 4) is 0 Å². The van der Waals surface area contributed by atoms with Crippen LogP contribution in [0.2, 0.25) is 5.02 Å². The summed E-state index contributed by atoms with van der Waals surface area (Å²) in [4.78, 5) is 12.9. The van der Waals surface area contributed by atoms with Crippen LogP contribution in [0.5, 0.6) is 0 Å². The molecular weight excluding hydrogens is 317 g/mol. The van der Waals surface area contributed by atoms with E-state index in [1.54, 1.807) is 17.4 Å². The summed E-state index contributed by atoms with van der Waals surface area (Å²) in [6.07, 6.45) is -0.0513. The summed E-state index contributed by atoms with van der Waals surface area (Å²) in [5.41, 5.74) is 1.62. The zero-order valence-electron chi connectivity index (χ0n) is 10.9. The molecule has 0 radical (unpaired) electrons. The molecule has 1 heterocycles. The minimum absolute atomic E-state index is 0. The Balaban J connectivity index is 0.00000200. The number of halogens is 2. The van der Waals surface area contributed by atoms with E-state index < -0.39 is 5.97 Å². The number of benzene rings is 1. The lowest BCUT2D eigenvalue weighted by molar-refractivity contribution is -0.136. The van der Waals surface area contributed by atoms with Gasteiger partial charge in [-0.25, -0.2) is 0 Å². The van der Waals surface area contributed by atoms with Gasteiger partial charge in [-0.05, 0) is 42.1 Å². The molecule has 0 aliphatic heterocycles.